The summed E-state index contributed by atoms with van der Waals surface area (Å²) >= 11 is 0. The van der Waals surface area contributed by atoms with E-state index in [1.54, 1.807) is 13.8 Å². The van der Waals surface area contributed by atoms with Gasteiger partial charge in [-0.15, -0.1) is 0 Å². The van der Waals surface area contributed by atoms with Crippen molar-refractivity contribution in [1.29, 1.82) is 0 Å². The molecule has 0 aliphatic carbocycles. The monoisotopic (exact) mass is 236 g/mol. The fourth-order valence-corrected chi connectivity index (χ4v) is 1.97. The predicted molar refractivity (Wildman–Crippen MR) is 56.9 cm³/mol. The van der Waals surface area contributed by atoms with Crippen molar-refractivity contribution in [2.24, 2.45) is 0 Å². The number of hydrogen-bond donors (Lipinski definition) is 0. The third kappa shape index (κ3) is 4.16. The molecule has 1 atom stereocenters. The van der Waals surface area contributed by atoms with E-state index in [9.17, 15) is 9.36 Å². The van der Waals surface area contributed by atoms with E-state index in [4.69, 9.17) is 13.8 Å². The van der Waals surface area contributed by atoms with Crippen molar-refractivity contribution in [3.63, 3.8) is 0 Å². The van der Waals surface area contributed by atoms with E-state index in [1.807, 2.05) is 0 Å². The summed E-state index contributed by atoms with van der Waals surface area (Å²) in [5, 5.41) is 0. The third-order valence-corrected chi connectivity index (χ3v) is 4.10. The van der Waals surface area contributed by atoms with Gasteiger partial charge in [-0.05, 0) is 13.8 Å². The fourth-order valence-electron chi connectivity index (χ4n) is 0.845. The van der Waals surface area contributed by atoms with Crippen molar-refractivity contribution in [1.82, 2.24) is 0 Å². The van der Waals surface area contributed by atoms with E-state index in [1.165, 1.54) is 14.2 Å². The summed E-state index contributed by atoms with van der Waals surface area (Å²) in [6, 6.07) is 0. The molecule has 0 aromatic carbocycles. The lowest BCUT2D eigenvalue weighted by molar-refractivity contribution is -0.138. The molecule has 0 fully saturated rings. The van der Waals surface area contributed by atoms with E-state index in [-0.39, 0.29) is 6.61 Å². The van der Waals surface area contributed by atoms with Gasteiger partial charge in [-0.1, -0.05) is 6.58 Å². The highest BCUT2D eigenvalue weighted by molar-refractivity contribution is 7.54. The number of esters is 1. The minimum atomic E-state index is -3.17. The van der Waals surface area contributed by atoms with E-state index in [0.717, 1.165) is 0 Å². The van der Waals surface area contributed by atoms with Gasteiger partial charge in [0.1, 0.15) is 6.61 Å². The zero-order chi connectivity index (χ0) is 12.1. The Bertz CT molecular complexity index is 278. The second-order valence-electron chi connectivity index (χ2n) is 3.13. The Labute approximate surface area is 89.9 Å². The summed E-state index contributed by atoms with van der Waals surface area (Å²) in [6.07, 6.45) is 0. The molecule has 0 radical (unpaired) electrons. The van der Waals surface area contributed by atoms with Crippen molar-refractivity contribution in [3.05, 3.63) is 12.2 Å². The van der Waals surface area contributed by atoms with E-state index >= 15 is 0 Å². The summed E-state index contributed by atoms with van der Waals surface area (Å²) < 4.78 is 26.1. The van der Waals surface area contributed by atoms with Crippen LogP contribution in [0.1, 0.15) is 13.8 Å². The van der Waals surface area contributed by atoms with Crippen LogP contribution in [0.2, 0.25) is 0 Å². The van der Waals surface area contributed by atoms with Crippen LogP contribution in [-0.2, 0) is 23.1 Å². The SMILES string of the molecule is C=C(C)C(=O)OCC(C)P(=O)(OC)OC. The molecule has 5 nitrogen and oxygen atoms in total. The second kappa shape index (κ2) is 6.05. The van der Waals surface area contributed by atoms with Gasteiger partial charge in [0, 0.05) is 19.8 Å². The Kier molecular flexibility index (Phi) is 5.80. The third-order valence-electron chi connectivity index (χ3n) is 1.85. The highest BCUT2D eigenvalue weighted by Gasteiger charge is 2.31. The normalized spacial score (nSPS) is 13.3. The minimum absolute atomic E-state index is 0.0232. The van der Waals surface area contributed by atoms with Gasteiger partial charge in [-0.2, -0.15) is 0 Å². The molecular formula is C9H17O5P. The first-order valence-corrected chi connectivity index (χ1v) is 6.02. The molecule has 15 heavy (non-hydrogen) atoms. The van der Waals surface area contributed by atoms with Crippen LogP contribution < -0.4 is 0 Å². The number of carbonyl (C=O) groups excluding carboxylic acids is 1. The topological polar surface area (TPSA) is 61.8 Å². The molecule has 0 N–H and O–H groups in total. The number of carbonyl (C=O) groups is 1. The van der Waals surface area contributed by atoms with Crippen molar-refractivity contribution in [2.45, 2.75) is 19.5 Å². The average Bonchev–Trinajstić information content (AvgIpc) is 2.23. The highest BCUT2D eigenvalue weighted by Crippen LogP contribution is 2.51. The van der Waals surface area contributed by atoms with Crippen LogP contribution in [0.4, 0.5) is 0 Å². The van der Waals surface area contributed by atoms with Crippen LogP contribution in [0.3, 0.4) is 0 Å². The smallest absolute Gasteiger partial charge is 0.336 e. The Morgan fingerprint density at radius 2 is 1.87 bits per heavy atom. The summed E-state index contributed by atoms with van der Waals surface area (Å²) in [4.78, 5) is 11.1. The average molecular weight is 236 g/mol. The first-order valence-electron chi connectivity index (χ1n) is 4.41. The Morgan fingerprint density at radius 3 is 2.20 bits per heavy atom. The van der Waals surface area contributed by atoms with Gasteiger partial charge < -0.3 is 13.8 Å². The fraction of sp³-hybridized carbons (Fsp3) is 0.667. The molecule has 0 aromatic rings. The van der Waals surface area contributed by atoms with Crippen molar-refractivity contribution in [3.8, 4) is 0 Å². The summed E-state index contributed by atoms with van der Waals surface area (Å²) in [5.41, 5.74) is -0.206. The predicted octanol–water partition coefficient (Wildman–Crippen LogP) is 1.98. The van der Waals surface area contributed by atoms with Crippen LogP contribution >= 0.6 is 7.60 Å². The number of ether oxygens (including phenoxy) is 1. The Balaban J connectivity index is 4.25. The molecule has 0 spiro atoms. The van der Waals surface area contributed by atoms with Crippen LogP contribution in [0.25, 0.3) is 0 Å². The number of rotatable bonds is 6. The molecule has 0 aliphatic heterocycles. The lowest BCUT2D eigenvalue weighted by Gasteiger charge is -2.20. The van der Waals surface area contributed by atoms with Gasteiger partial charge in [0.15, 0.2) is 0 Å². The molecule has 0 amide bonds. The van der Waals surface area contributed by atoms with Gasteiger partial charge >= 0.3 is 13.6 Å². The molecule has 88 valence electrons. The molecule has 0 aliphatic rings. The first kappa shape index (κ1) is 14.4. The molecule has 0 saturated carbocycles. The Hall–Kier alpha value is -0.640. The van der Waals surface area contributed by atoms with Crippen LogP contribution in [-0.4, -0.2) is 32.5 Å². The molecule has 6 heteroatoms. The molecule has 0 heterocycles. The number of hydrogen-bond acceptors (Lipinski definition) is 5. The molecule has 0 aromatic heterocycles. The quantitative estimate of drug-likeness (QED) is 0.401. The highest BCUT2D eigenvalue weighted by atomic mass is 31.2. The summed E-state index contributed by atoms with van der Waals surface area (Å²) in [6.45, 7) is 6.57. The molecule has 0 bridgehead atoms. The van der Waals surface area contributed by atoms with Crippen LogP contribution in [0.15, 0.2) is 12.2 Å². The van der Waals surface area contributed by atoms with E-state index in [2.05, 4.69) is 6.58 Å². The van der Waals surface area contributed by atoms with Gasteiger partial charge in [-0.25, -0.2) is 4.79 Å². The zero-order valence-corrected chi connectivity index (χ0v) is 10.4. The first-order chi connectivity index (χ1) is 6.87. The largest absolute Gasteiger partial charge is 0.461 e. The van der Waals surface area contributed by atoms with Crippen molar-refractivity contribution in [2.75, 3.05) is 20.8 Å². The lowest BCUT2D eigenvalue weighted by atomic mass is 10.4. The summed E-state index contributed by atoms with van der Waals surface area (Å²) in [5.74, 6) is -0.513. The molecule has 1 unspecified atom stereocenters. The van der Waals surface area contributed by atoms with E-state index < -0.39 is 19.2 Å². The van der Waals surface area contributed by atoms with E-state index in [0.29, 0.717) is 5.57 Å². The second-order valence-corrected chi connectivity index (χ2v) is 5.82. The molecule has 0 rings (SSSR count). The maximum atomic E-state index is 11.8. The lowest BCUT2D eigenvalue weighted by Crippen LogP contribution is -2.18. The summed E-state index contributed by atoms with van der Waals surface area (Å²) in [7, 11) is -0.580. The molecular weight excluding hydrogens is 219 g/mol. The van der Waals surface area contributed by atoms with Crippen molar-refractivity contribution >= 4 is 13.6 Å². The van der Waals surface area contributed by atoms with Gasteiger partial charge in [0.2, 0.25) is 0 Å². The Morgan fingerprint density at radius 1 is 1.40 bits per heavy atom. The minimum Gasteiger partial charge on any atom is -0.461 e. The standard InChI is InChI=1S/C9H17O5P/c1-7(2)9(10)14-6-8(3)15(11,12-4)13-5/h8H,1,6H2,2-5H3. The maximum absolute atomic E-state index is 11.8. The zero-order valence-electron chi connectivity index (χ0n) is 9.48. The maximum Gasteiger partial charge on any atom is 0.336 e. The van der Waals surface area contributed by atoms with Crippen molar-refractivity contribution < 1.29 is 23.1 Å². The van der Waals surface area contributed by atoms with Gasteiger partial charge in [-0.3, -0.25) is 4.57 Å². The van der Waals surface area contributed by atoms with Gasteiger partial charge in [0.05, 0.1) is 5.66 Å². The van der Waals surface area contributed by atoms with Crippen LogP contribution in [0.5, 0.6) is 0 Å². The molecule has 0 saturated heterocycles. The van der Waals surface area contributed by atoms with Crippen LogP contribution in [0, 0.1) is 0 Å². The van der Waals surface area contributed by atoms with Gasteiger partial charge in [0.25, 0.3) is 0 Å².